The minimum atomic E-state index is -0.327. The largest absolute Gasteiger partial charge is 0.469 e. The van der Waals surface area contributed by atoms with Gasteiger partial charge in [-0.25, -0.2) is 0 Å². The van der Waals surface area contributed by atoms with Crippen LogP contribution >= 0.6 is 0 Å². The molecule has 0 aliphatic heterocycles. The van der Waals surface area contributed by atoms with Gasteiger partial charge in [0, 0.05) is 6.92 Å². The van der Waals surface area contributed by atoms with E-state index in [2.05, 4.69) is 10.1 Å². The van der Waals surface area contributed by atoms with Crippen LogP contribution in [0.3, 0.4) is 0 Å². The van der Waals surface area contributed by atoms with Crippen molar-refractivity contribution < 1.29 is 14.3 Å². The van der Waals surface area contributed by atoms with Gasteiger partial charge in [-0.05, 0) is 17.7 Å². The molecule has 0 aliphatic carbocycles. The minimum Gasteiger partial charge on any atom is -0.469 e. The molecule has 0 saturated heterocycles. The lowest BCUT2D eigenvalue weighted by Crippen LogP contribution is -2.09. The first-order valence-corrected chi connectivity index (χ1v) is 4.75. The van der Waals surface area contributed by atoms with Crippen LogP contribution in [0.4, 0.5) is 11.4 Å². The highest BCUT2D eigenvalue weighted by atomic mass is 16.5. The summed E-state index contributed by atoms with van der Waals surface area (Å²) in [5, 5.41) is 2.59. The van der Waals surface area contributed by atoms with E-state index in [0.717, 1.165) is 5.56 Å². The molecule has 16 heavy (non-hydrogen) atoms. The van der Waals surface area contributed by atoms with Crippen LogP contribution in [0.5, 0.6) is 0 Å². The number of benzene rings is 1. The highest BCUT2D eigenvalue weighted by Gasteiger charge is 2.06. The molecule has 0 atom stereocenters. The van der Waals surface area contributed by atoms with Gasteiger partial charge in [0.25, 0.3) is 0 Å². The second kappa shape index (κ2) is 5.16. The summed E-state index contributed by atoms with van der Waals surface area (Å²) in [5.41, 5.74) is 7.44. The van der Waals surface area contributed by atoms with Gasteiger partial charge < -0.3 is 15.8 Å². The van der Waals surface area contributed by atoms with Crippen molar-refractivity contribution in [2.75, 3.05) is 18.2 Å². The summed E-state index contributed by atoms with van der Waals surface area (Å²) in [6.45, 7) is 1.40. The van der Waals surface area contributed by atoms with Gasteiger partial charge in [0.1, 0.15) is 0 Å². The quantitative estimate of drug-likeness (QED) is 0.589. The summed E-state index contributed by atoms with van der Waals surface area (Å²) in [4.78, 5) is 21.9. The second-order valence-corrected chi connectivity index (χ2v) is 3.36. The van der Waals surface area contributed by atoms with Crippen LogP contribution in [-0.2, 0) is 20.7 Å². The summed E-state index contributed by atoms with van der Waals surface area (Å²) in [6, 6.07) is 5.02. The average molecular weight is 222 g/mol. The number of anilines is 2. The fraction of sp³-hybridized carbons (Fsp3) is 0.273. The Balaban J connectivity index is 2.82. The molecule has 5 heteroatoms. The number of amides is 1. The number of hydrogen-bond acceptors (Lipinski definition) is 4. The van der Waals surface area contributed by atoms with Gasteiger partial charge in [0.2, 0.25) is 5.91 Å². The highest BCUT2D eigenvalue weighted by Crippen LogP contribution is 2.20. The van der Waals surface area contributed by atoms with Crippen molar-refractivity contribution in [2.45, 2.75) is 13.3 Å². The Kier molecular flexibility index (Phi) is 3.88. The normalized spacial score (nSPS) is 9.62. The van der Waals surface area contributed by atoms with Gasteiger partial charge in [0.05, 0.1) is 24.9 Å². The smallest absolute Gasteiger partial charge is 0.309 e. The first kappa shape index (κ1) is 12.0. The number of rotatable bonds is 3. The van der Waals surface area contributed by atoms with E-state index in [0.29, 0.717) is 11.4 Å². The van der Waals surface area contributed by atoms with Gasteiger partial charge >= 0.3 is 5.97 Å². The molecule has 0 fully saturated rings. The summed E-state index contributed by atoms with van der Waals surface area (Å²) in [6.07, 6.45) is 0.168. The molecule has 0 saturated carbocycles. The van der Waals surface area contributed by atoms with Crippen LogP contribution in [0.2, 0.25) is 0 Å². The summed E-state index contributed by atoms with van der Waals surface area (Å²) in [7, 11) is 1.33. The standard InChI is InChI=1S/C11H14N2O3/c1-7(14)13-10-4-3-8(5-9(10)12)6-11(15)16-2/h3-5H,6,12H2,1-2H3,(H,13,14). The highest BCUT2D eigenvalue weighted by molar-refractivity contribution is 5.92. The van der Waals surface area contributed by atoms with Crippen molar-refractivity contribution in [2.24, 2.45) is 0 Å². The van der Waals surface area contributed by atoms with Gasteiger partial charge in [-0.15, -0.1) is 0 Å². The Morgan fingerprint density at radius 1 is 1.44 bits per heavy atom. The molecule has 3 N–H and O–H groups in total. The zero-order chi connectivity index (χ0) is 12.1. The maximum Gasteiger partial charge on any atom is 0.309 e. The molecule has 5 nitrogen and oxygen atoms in total. The number of methoxy groups -OCH3 is 1. The molecule has 0 bridgehead atoms. The van der Waals surface area contributed by atoms with Gasteiger partial charge in [-0.3, -0.25) is 9.59 Å². The average Bonchev–Trinajstić information content (AvgIpc) is 2.21. The number of nitrogens with one attached hydrogen (secondary N) is 1. The van der Waals surface area contributed by atoms with E-state index >= 15 is 0 Å². The molecular weight excluding hydrogens is 208 g/mol. The predicted octanol–water partition coefficient (Wildman–Crippen LogP) is 0.943. The maximum atomic E-state index is 11.0. The van der Waals surface area contributed by atoms with E-state index in [9.17, 15) is 9.59 Å². The lowest BCUT2D eigenvalue weighted by Gasteiger charge is -2.08. The minimum absolute atomic E-state index is 0.168. The topological polar surface area (TPSA) is 81.4 Å². The van der Waals surface area contributed by atoms with Crippen LogP contribution < -0.4 is 11.1 Å². The van der Waals surface area contributed by atoms with Crippen LogP contribution in [0.25, 0.3) is 0 Å². The van der Waals surface area contributed by atoms with Gasteiger partial charge in [0.15, 0.2) is 0 Å². The SMILES string of the molecule is COC(=O)Cc1ccc(NC(C)=O)c(N)c1. The molecular formula is C11H14N2O3. The zero-order valence-electron chi connectivity index (χ0n) is 9.24. The first-order valence-electron chi connectivity index (χ1n) is 4.75. The second-order valence-electron chi connectivity index (χ2n) is 3.36. The molecule has 0 unspecified atom stereocenters. The maximum absolute atomic E-state index is 11.0. The number of carbonyl (C=O) groups excluding carboxylic acids is 2. The fourth-order valence-electron chi connectivity index (χ4n) is 1.26. The van der Waals surface area contributed by atoms with E-state index in [-0.39, 0.29) is 18.3 Å². The van der Waals surface area contributed by atoms with E-state index in [1.165, 1.54) is 14.0 Å². The number of esters is 1. The number of hydrogen-bond donors (Lipinski definition) is 2. The third kappa shape index (κ3) is 3.27. The third-order valence-electron chi connectivity index (χ3n) is 2.00. The zero-order valence-corrected chi connectivity index (χ0v) is 9.24. The number of carbonyl (C=O) groups is 2. The van der Waals surface area contributed by atoms with Crippen molar-refractivity contribution in [3.05, 3.63) is 23.8 Å². The molecule has 1 aromatic carbocycles. The third-order valence-corrected chi connectivity index (χ3v) is 2.00. The van der Waals surface area contributed by atoms with Crippen LogP contribution in [-0.4, -0.2) is 19.0 Å². The van der Waals surface area contributed by atoms with Crippen LogP contribution in [0.15, 0.2) is 18.2 Å². The van der Waals surface area contributed by atoms with Crippen LogP contribution in [0, 0.1) is 0 Å². The lowest BCUT2D eigenvalue weighted by atomic mass is 10.1. The fourth-order valence-corrected chi connectivity index (χ4v) is 1.26. The Hall–Kier alpha value is -2.04. The molecule has 0 radical (unpaired) electrons. The Bertz CT molecular complexity index is 416. The van der Waals surface area contributed by atoms with Gasteiger partial charge in [-0.1, -0.05) is 6.07 Å². The molecule has 0 heterocycles. The number of ether oxygens (including phenoxy) is 1. The lowest BCUT2D eigenvalue weighted by molar-refractivity contribution is -0.139. The van der Waals surface area contributed by atoms with Crippen molar-refractivity contribution in [3.63, 3.8) is 0 Å². The molecule has 0 aliphatic rings. The molecule has 0 spiro atoms. The van der Waals surface area contributed by atoms with E-state index in [4.69, 9.17) is 5.73 Å². The van der Waals surface area contributed by atoms with E-state index in [1.54, 1.807) is 18.2 Å². The first-order chi connectivity index (χ1) is 7.52. The monoisotopic (exact) mass is 222 g/mol. The van der Waals surface area contributed by atoms with E-state index < -0.39 is 0 Å². The summed E-state index contributed by atoms with van der Waals surface area (Å²) < 4.78 is 4.54. The molecule has 1 rings (SSSR count). The van der Waals surface area contributed by atoms with Crippen molar-refractivity contribution >= 4 is 23.3 Å². The van der Waals surface area contributed by atoms with Crippen molar-refractivity contribution in [3.8, 4) is 0 Å². The summed E-state index contributed by atoms with van der Waals surface area (Å²) >= 11 is 0. The molecule has 1 amide bonds. The van der Waals surface area contributed by atoms with Gasteiger partial charge in [-0.2, -0.15) is 0 Å². The Morgan fingerprint density at radius 2 is 2.12 bits per heavy atom. The van der Waals surface area contributed by atoms with E-state index in [1.807, 2.05) is 0 Å². The van der Waals surface area contributed by atoms with Crippen molar-refractivity contribution in [1.29, 1.82) is 0 Å². The molecule has 0 aromatic heterocycles. The number of nitrogen functional groups attached to an aromatic ring is 1. The Morgan fingerprint density at radius 3 is 2.62 bits per heavy atom. The number of nitrogens with two attached hydrogens (primary N) is 1. The molecule has 1 aromatic rings. The Labute approximate surface area is 93.6 Å². The van der Waals surface area contributed by atoms with Crippen LogP contribution in [0.1, 0.15) is 12.5 Å². The summed E-state index contributed by atoms with van der Waals surface area (Å²) in [5.74, 6) is -0.515. The predicted molar refractivity (Wildman–Crippen MR) is 60.9 cm³/mol. The van der Waals surface area contributed by atoms with Crippen molar-refractivity contribution in [1.82, 2.24) is 0 Å². The molecule has 86 valence electrons.